The van der Waals surface area contributed by atoms with Crippen molar-refractivity contribution in [3.05, 3.63) is 64.7 Å². The van der Waals surface area contributed by atoms with Gasteiger partial charge in [-0.15, -0.1) is 0 Å². The molecular formula is C16H16ClF2N2O+. The highest BCUT2D eigenvalue weighted by atomic mass is 35.5. The van der Waals surface area contributed by atoms with Gasteiger partial charge in [-0.3, -0.25) is 4.79 Å². The molecule has 1 atom stereocenters. The SMILES string of the molecule is C[NH+](CC(=O)Nc1ccccc1F)Cc1c(F)cccc1Cl. The van der Waals surface area contributed by atoms with E-state index in [-0.39, 0.29) is 24.7 Å². The van der Waals surface area contributed by atoms with Crippen LogP contribution < -0.4 is 10.2 Å². The normalized spacial score (nSPS) is 12.0. The highest BCUT2D eigenvalue weighted by Gasteiger charge is 2.16. The van der Waals surface area contributed by atoms with E-state index in [0.717, 1.165) is 4.90 Å². The van der Waals surface area contributed by atoms with Gasteiger partial charge in [0.25, 0.3) is 5.91 Å². The van der Waals surface area contributed by atoms with Crippen LogP contribution in [0.25, 0.3) is 0 Å². The molecule has 0 aliphatic heterocycles. The Kier molecular flexibility index (Phi) is 5.46. The first-order valence-electron chi connectivity index (χ1n) is 6.76. The second-order valence-electron chi connectivity index (χ2n) is 5.04. The fraction of sp³-hybridized carbons (Fsp3) is 0.188. The van der Waals surface area contributed by atoms with E-state index in [1.165, 1.54) is 24.3 Å². The summed E-state index contributed by atoms with van der Waals surface area (Å²) in [7, 11) is 1.74. The zero-order chi connectivity index (χ0) is 16.1. The number of hydrogen-bond donors (Lipinski definition) is 2. The van der Waals surface area contributed by atoms with Crippen molar-refractivity contribution in [2.45, 2.75) is 6.54 Å². The molecule has 2 rings (SSSR count). The summed E-state index contributed by atoms with van der Waals surface area (Å²) in [5.74, 6) is -1.25. The zero-order valence-corrected chi connectivity index (χ0v) is 12.8. The minimum atomic E-state index is -0.495. The molecule has 1 unspecified atom stereocenters. The number of nitrogens with one attached hydrogen (secondary N) is 2. The van der Waals surface area contributed by atoms with Gasteiger partial charge in [0.1, 0.15) is 18.2 Å². The third-order valence-corrected chi connectivity index (χ3v) is 3.50. The molecule has 0 saturated heterocycles. The number of likely N-dealkylation sites (N-methyl/N-ethyl adjacent to an activating group) is 1. The molecule has 3 nitrogen and oxygen atoms in total. The number of carbonyl (C=O) groups is 1. The number of amides is 1. The maximum absolute atomic E-state index is 13.7. The molecule has 0 aromatic heterocycles. The number of quaternary nitrogens is 1. The summed E-state index contributed by atoms with van der Waals surface area (Å²) in [4.78, 5) is 12.6. The van der Waals surface area contributed by atoms with Gasteiger partial charge in [0.2, 0.25) is 0 Å². The molecule has 0 saturated carbocycles. The van der Waals surface area contributed by atoms with Crippen LogP contribution >= 0.6 is 11.6 Å². The van der Waals surface area contributed by atoms with Gasteiger partial charge in [0.05, 0.1) is 23.3 Å². The van der Waals surface area contributed by atoms with Crippen LogP contribution in [0.1, 0.15) is 5.56 Å². The third kappa shape index (κ3) is 4.26. The monoisotopic (exact) mass is 325 g/mol. The smallest absolute Gasteiger partial charge is 0.279 e. The van der Waals surface area contributed by atoms with Gasteiger partial charge >= 0.3 is 0 Å². The largest absolute Gasteiger partial charge is 0.326 e. The minimum Gasteiger partial charge on any atom is -0.326 e. The van der Waals surface area contributed by atoms with Crippen LogP contribution in [-0.2, 0) is 11.3 Å². The molecule has 0 heterocycles. The molecule has 0 fully saturated rings. The number of benzene rings is 2. The van der Waals surface area contributed by atoms with E-state index < -0.39 is 11.6 Å². The van der Waals surface area contributed by atoms with E-state index in [4.69, 9.17) is 11.6 Å². The lowest BCUT2D eigenvalue weighted by atomic mass is 10.2. The van der Waals surface area contributed by atoms with Crippen LogP contribution in [0.5, 0.6) is 0 Å². The summed E-state index contributed by atoms with van der Waals surface area (Å²) in [5, 5.41) is 2.82. The molecule has 0 aliphatic rings. The third-order valence-electron chi connectivity index (χ3n) is 3.15. The van der Waals surface area contributed by atoms with E-state index in [1.807, 2.05) is 0 Å². The van der Waals surface area contributed by atoms with Crippen molar-refractivity contribution in [2.75, 3.05) is 18.9 Å². The summed E-state index contributed by atoms with van der Waals surface area (Å²) >= 11 is 5.96. The molecule has 0 radical (unpaired) electrons. The lowest BCUT2D eigenvalue weighted by Crippen LogP contribution is -3.08. The average molecular weight is 326 g/mol. The predicted molar refractivity (Wildman–Crippen MR) is 81.9 cm³/mol. The van der Waals surface area contributed by atoms with Crippen LogP contribution in [0.3, 0.4) is 0 Å². The van der Waals surface area contributed by atoms with Crippen molar-refractivity contribution in [3.63, 3.8) is 0 Å². The summed E-state index contributed by atoms with van der Waals surface area (Å²) in [6.45, 7) is 0.329. The summed E-state index contributed by atoms with van der Waals surface area (Å²) in [5.41, 5.74) is 0.490. The van der Waals surface area contributed by atoms with Crippen molar-refractivity contribution in [1.82, 2.24) is 0 Å². The van der Waals surface area contributed by atoms with Crippen molar-refractivity contribution >= 4 is 23.2 Å². The van der Waals surface area contributed by atoms with Crippen LogP contribution in [-0.4, -0.2) is 19.5 Å². The molecule has 0 aliphatic carbocycles. The molecule has 2 aromatic rings. The molecule has 2 aromatic carbocycles. The minimum absolute atomic E-state index is 0.0684. The highest BCUT2D eigenvalue weighted by molar-refractivity contribution is 6.31. The van der Waals surface area contributed by atoms with Gasteiger partial charge in [-0.05, 0) is 24.3 Å². The summed E-state index contributed by atoms with van der Waals surface area (Å²) < 4.78 is 27.2. The first-order valence-corrected chi connectivity index (χ1v) is 7.13. The molecule has 2 N–H and O–H groups in total. The van der Waals surface area contributed by atoms with Crippen LogP contribution in [0, 0.1) is 11.6 Å². The van der Waals surface area contributed by atoms with Gasteiger partial charge in [-0.2, -0.15) is 0 Å². The molecule has 0 bridgehead atoms. The number of para-hydroxylation sites is 1. The number of hydrogen-bond acceptors (Lipinski definition) is 1. The number of carbonyl (C=O) groups excluding carboxylic acids is 1. The van der Waals surface area contributed by atoms with E-state index in [2.05, 4.69) is 5.32 Å². The molecule has 0 spiro atoms. The fourth-order valence-electron chi connectivity index (χ4n) is 2.10. The standard InChI is InChI=1S/C16H15ClF2N2O/c1-21(9-11-12(17)5-4-7-13(11)18)10-16(22)20-15-8-3-2-6-14(15)19/h2-8H,9-10H2,1H3,(H,20,22)/p+1. The fourth-order valence-corrected chi connectivity index (χ4v) is 2.33. The predicted octanol–water partition coefficient (Wildman–Crippen LogP) is 2.27. The summed E-state index contributed by atoms with van der Waals surface area (Å²) in [6.07, 6.45) is 0. The Morgan fingerprint density at radius 1 is 1.14 bits per heavy atom. The lowest BCUT2D eigenvalue weighted by molar-refractivity contribution is -0.885. The van der Waals surface area contributed by atoms with Crippen molar-refractivity contribution < 1.29 is 18.5 Å². The molecular weight excluding hydrogens is 310 g/mol. The topological polar surface area (TPSA) is 33.5 Å². The second-order valence-corrected chi connectivity index (χ2v) is 5.45. The molecule has 6 heteroatoms. The maximum Gasteiger partial charge on any atom is 0.279 e. The van der Waals surface area contributed by atoms with Crippen LogP contribution in [0.4, 0.5) is 14.5 Å². The van der Waals surface area contributed by atoms with Crippen LogP contribution in [0.15, 0.2) is 42.5 Å². The second kappa shape index (κ2) is 7.33. The zero-order valence-electron chi connectivity index (χ0n) is 12.0. The summed E-state index contributed by atoms with van der Waals surface area (Å²) in [6, 6.07) is 10.4. The maximum atomic E-state index is 13.7. The molecule has 116 valence electrons. The van der Waals surface area contributed by atoms with E-state index in [0.29, 0.717) is 10.6 Å². The Hall–Kier alpha value is -1.98. The molecule has 22 heavy (non-hydrogen) atoms. The Morgan fingerprint density at radius 3 is 2.50 bits per heavy atom. The van der Waals surface area contributed by atoms with Gasteiger partial charge in [-0.1, -0.05) is 29.8 Å². The van der Waals surface area contributed by atoms with Crippen LogP contribution in [0.2, 0.25) is 5.02 Å². The van der Waals surface area contributed by atoms with Gasteiger partial charge in [0, 0.05) is 0 Å². The first kappa shape index (κ1) is 16.4. The van der Waals surface area contributed by atoms with Crippen molar-refractivity contribution in [2.24, 2.45) is 0 Å². The Balaban J connectivity index is 1.96. The molecule has 1 amide bonds. The lowest BCUT2D eigenvalue weighted by Gasteiger charge is -2.15. The van der Waals surface area contributed by atoms with Gasteiger partial charge in [-0.25, -0.2) is 8.78 Å². The van der Waals surface area contributed by atoms with E-state index in [1.54, 1.807) is 25.2 Å². The van der Waals surface area contributed by atoms with Crippen molar-refractivity contribution in [3.8, 4) is 0 Å². The Morgan fingerprint density at radius 2 is 1.82 bits per heavy atom. The quantitative estimate of drug-likeness (QED) is 0.869. The number of anilines is 1. The van der Waals surface area contributed by atoms with E-state index in [9.17, 15) is 13.6 Å². The van der Waals surface area contributed by atoms with E-state index >= 15 is 0 Å². The average Bonchev–Trinajstić information content (AvgIpc) is 2.45. The Bertz CT molecular complexity index is 659. The first-order chi connectivity index (χ1) is 10.5. The van der Waals surface area contributed by atoms with Gasteiger partial charge in [0.15, 0.2) is 6.54 Å². The van der Waals surface area contributed by atoms with Crippen molar-refractivity contribution in [1.29, 1.82) is 0 Å². The highest BCUT2D eigenvalue weighted by Crippen LogP contribution is 2.17. The van der Waals surface area contributed by atoms with Gasteiger partial charge < -0.3 is 10.2 Å². The Labute approximate surface area is 132 Å². The number of halogens is 3. The number of rotatable bonds is 5.